The molecule has 6 nitrogen and oxygen atoms in total. The minimum absolute atomic E-state index is 0.00140. The average Bonchev–Trinajstić information content (AvgIpc) is 2.84. The van der Waals surface area contributed by atoms with E-state index in [1.807, 2.05) is 25.1 Å². The fourth-order valence-electron chi connectivity index (χ4n) is 3.07. The molecule has 0 amide bonds. The second-order valence-corrected chi connectivity index (χ2v) is 5.70. The van der Waals surface area contributed by atoms with E-state index in [0.29, 0.717) is 18.9 Å². The van der Waals surface area contributed by atoms with Gasteiger partial charge in [-0.25, -0.2) is 9.36 Å². The Morgan fingerprint density at radius 2 is 2.09 bits per heavy atom. The summed E-state index contributed by atoms with van der Waals surface area (Å²) in [5.74, 6) is -0.407. The monoisotopic (exact) mass is 305 g/mol. The topological polar surface area (TPSA) is 65.9 Å². The molecule has 1 fully saturated rings. The smallest absolute Gasteiger partial charge is 0.424 e. The number of ether oxygens (including phenoxy) is 1. The van der Waals surface area contributed by atoms with Crippen LogP contribution in [-0.2, 0) is 16.2 Å². The SMILES string of the molecule is CCOC(=O)C1CC[NH+](Cn2c(=O)oc3ccccc32)CC1. The lowest BCUT2D eigenvalue weighted by molar-refractivity contribution is -0.928. The summed E-state index contributed by atoms with van der Waals surface area (Å²) >= 11 is 0. The summed E-state index contributed by atoms with van der Waals surface area (Å²) in [6.07, 6.45) is 1.61. The van der Waals surface area contributed by atoms with Crippen LogP contribution in [0.4, 0.5) is 0 Å². The lowest BCUT2D eigenvalue weighted by Crippen LogP contribution is -3.12. The molecule has 0 aliphatic carbocycles. The largest absolute Gasteiger partial charge is 0.466 e. The van der Waals surface area contributed by atoms with E-state index < -0.39 is 0 Å². The highest BCUT2D eigenvalue weighted by Gasteiger charge is 2.29. The van der Waals surface area contributed by atoms with Crippen molar-refractivity contribution in [3.05, 3.63) is 34.8 Å². The molecular formula is C16H21N2O4+. The van der Waals surface area contributed by atoms with Crippen molar-refractivity contribution in [2.45, 2.75) is 26.4 Å². The van der Waals surface area contributed by atoms with Crippen LogP contribution >= 0.6 is 0 Å². The summed E-state index contributed by atoms with van der Waals surface area (Å²) in [5.41, 5.74) is 1.45. The fourth-order valence-corrected chi connectivity index (χ4v) is 3.07. The van der Waals surface area contributed by atoms with Crippen LogP contribution in [0.1, 0.15) is 19.8 Å². The Bertz CT molecular complexity index is 710. The molecule has 2 heterocycles. The number of oxazole rings is 1. The Labute approximate surface area is 128 Å². The first kappa shape index (κ1) is 14.8. The van der Waals surface area contributed by atoms with Gasteiger partial charge in [0.15, 0.2) is 12.3 Å². The number of esters is 1. The van der Waals surface area contributed by atoms with E-state index in [-0.39, 0.29) is 17.6 Å². The van der Waals surface area contributed by atoms with E-state index >= 15 is 0 Å². The van der Waals surface area contributed by atoms with E-state index in [1.54, 1.807) is 10.6 Å². The molecule has 3 rings (SSSR count). The molecule has 0 bridgehead atoms. The zero-order chi connectivity index (χ0) is 15.5. The first-order valence-electron chi connectivity index (χ1n) is 7.77. The zero-order valence-corrected chi connectivity index (χ0v) is 12.7. The molecule has 2 aromatic rings. The van der Waals surface area contributed by atoms with Gasteiger partial charge in [-0.15, -0.1) is 0 Å². The number of carbonyl (C=O) groups excluding carboxylic acids is 1. The number of para-hydroxylation sites is 2. The van der Waals surface area contributed by atoms with E-state index in [1.165, 1.54) is 4.90 Å². The van der Waals surface area contributed by atoms with Gasteiger partial charge in [0.05, 0.1) is 31.1 Å². The third-order valence-electron chi connectivity index (χ3n) is 4.27. The molecule has 0 radical (unpaired) electrons. The highest BCUT2D eigenvalue weighted by molar-refractivity contribution is 5.73. The zero-order valence-electron chi connectivity index (χ0n) is 12.7. The molecule has 0 saturated carbocycles. The Kier molecular flexibility index (Phi) is 4.29. The van der Waals surface area contributed by atoms with Crippen molar-refractivity contribution in [1.29, 1.82) is 0 Å². The van der Waals surface area contributed by atoms with Crippen LogP contribution in [0, 0.1) is 5.92 Å². The third-order valence-corrected chi connectivity index (χ3v) is 4.27. The number of nitrogens with one attached hydrogen (secondary N) is 1. The van der Waals surface area contributed by atoms with E-state index in [4.69, 9.17) is 9.15 Å². The average molecular weight is 305 g/mol. The fraction of sp³-hybridized carbons (Fsp3) is 0.500. The molecule has 1 aromatic carbocycles. The summed E-state index contributed by atoms with van der Waals surface area (Å²) in [6, 6.07) is 7.45. The van der Waals surface area contributed by atoms with Crippen molar-refractivity contribution in [3.63, 3.8) is 0 Å². The quantitative estimate of drug-likeness (QED) is 0.831. The molecule has 118 valence electrons. The van der Waals surface area contributed by atoms with Crippen LogP contribution in [0.25, 0.3) is 11.1 Å². The van der Waals surface area contributed by atoms with E-state index in [0.717, 1.165) is 31.4 Å². The second kappa shape index (κ2) is 6.36. The molecule has 1 N–H and O–H groups in total. The Morgan fingerprint density at radius 1 is 1.36 bits per heavy atom. The first-order valence-corrected chi connectivity index (χ1v) is 7.77. The maximum absolute atomic E-state index is 12.0. The van der Waals surface area contributed by atoms with Crippen molar-refractivity contribution in [3.8, 4) is 0 Å². The molecular weight excluding hydrogens is 284 g/mol. The molecule has 1 aromatic heterocycles. The Morgan fingerprint density at radius 3 is 2.82 bits per heavy atom. The normalized spacial score (nSPS) is 21.9. The van der Waals surface area contributed by atoms with Crippen molar-refractivity contribution in [1.82, 2.24) is 4.57 Å². The number of piperidine rings is 1. The van der Waals surface area contributed by atoms with Crippen LogP contribution < -0.4 is 10.7 Å². The van der Waals surface area contributed by atoms with Gasteiger partial charge in [-0.05, 0) is 19.1 Å². The van der Waals surface area contributed by atoms with Gasteiger partial charge in [-0.2, -0.15) is 0 Å². The molecule has 1 aliphatic heterocycles. The summed E-state index contributed by atoms with van der Waals surface area (Å²) < 4.78 is 12.0. The maximum atomic E-state index is 12.0. The molecule has 1 aliphatic rings. The van der Waals surface area contributed by atoms with Crippen LogP contribution in [0.15, 0.2) is 33.5 Å². The number of rotatable bonds is 4. The maximum Gasteiger partial charge on any atom is 0.424 e. The number of aromatic nitrogens is 1. The number of carbonyl (C=O) groups is 1. The molecule has 1 saturated heterocycles. The second-order valence-electron chi connectivity index (χ2n) is 5.70. The number of hydrogen-bond acceptors (Lipinski definition) is 4. The van der Waals surface area contributed by atoms with E-state index in [2.05, 4.69) is 0 Å². The molecule has 6 heteroatoms. The summed E-state index contributed by atoms with van der Waals surface area (Å²) in [6.45, 7) is 4.55. The van der Waals surface area contributed by atoms with E-state index in [9.17, 15) is 9.59 Å². The number of benzene rings is 1. The summed E-state index contributed by atoms with van der Waals surface area (Å²) in [4.78, 5) is 25.0. The van der Waals surface area contributed by atoms with Gasteiger partial charge in [-0.3, -0.25) is 4.79 Å². The molecule has 0 atom stereocenters. The van der Waals surface area contributed by atoms with Gasteiger partial charge in [0.25, 0.3) is 0 Å². The van der Waals surface area contributed by atoms with Gasteiger partial charge >= 0.3 is 11.7 Å². The Balaban J connectivity index is 1.66. The van der Waals surface area contributed by atoms with Gasteiger partial charge in [0.2, 0.25) is 0 Å². The van der Waals surface area contributed by atoms with Crippen molar-refractivity contribution >= 4 is 17.1 Å². The van der Waals surface area contributed by atoms with Crippen LogP contribution in [-0.4, -0.2) is 30.2 Å². The summed E-state index contributed by atoms with van der Waals surface area (Å²) in [5, 5.41) is 0. The van der Waals surface area contributed by atoms with Crippen LogP contribution in [0.5, 0.6) is 0 Å². The summed E-state index contributed by atoms with van der Waals surface area (Å²) in [7, 11) is 0. The van der Waals surface area contributed by atoms with Crippen molar-refractivity contribution in [2.75, 3.05) is 19.7 Å². The number of fused-ring (bicyclic) bond motifs is 1. The van der Waals surface area contributed by atoms with Crippen LogP contribution in [0.2, 0.25) is 0 Å². The van der Waals surface area contributed by atoms with Crippen molar-refractivity contribution in [2.24, 2.45) is 5.92 Å². The number of nitrogens with zero attached hydrogens (tertiary/aromatic N) is 1. The minimum atomic E-state index is -0.318. The number of hydrogen-bond donors (Lipinski definition) is 1. The number of likely N-dealkylation sites (tertiary alicyclic amines) is 1. The predicted octanol–water partition coefficient (Wildman–Crippen LogP) is 0.410. The molecule has 0 spiro atoms. The van der Waals surface area contributed by atoms with Gasteiger partial charge in [0, 0.05) is 12.8 Å². The lowest BCUT2D eigenvalue weighted by atomic mass is 9.97. The predicted molar refractivity (Wildman–Crippen MR) is 80.5 cm³/mol. The lowest BCUT2D eigenvalue weighted by Gasteiger charge is -2.27. The minimum Gasteiger partial charge on any atom is -0.466 e. The molecule has 22 heavy (non-hydrogen) atoms. The molecule has 0 unspecified atom stereocenters. The van der Waals surface area contributed by atoms with Gasteiger partial charge in [0.1, 0.15) is 0 Å². The van der Waals surface area contributed by atoms with Gasteiger partial charge in [-0.1, -0.05) is 12.1 Å². The third kappa shape index (κ3) is 2.92. The standard InChI is InChI=1S/C16H20N2O4/c1-2-21-15(19)12-7-9-17(10-8-12)11-18-13-5-3-4-6-14(13)22-16(18)20/h3-6,12H,2,7-11H2,1H3/p+1. The van der Waals surface area contributed by atoms with Crippen molar-refractivity contribution < 1.29 is 18.8 Å². The number of quaternary nitrogens is 1. The highest BCUT2D eigenvalue weighted by Crippen LogP contribution is 2.13. The van der Waals surface area contributed by atoms with Crippen LogP contribution in [0.3, 0.4) is 0 Å². The first-order chi connectivity index (χ1) is 10.7. The Hall–Kier alpha value is -2.08. The highest BCUT2D eigenvalue weighted by atomic mass is 16.5. The van der Waals surface area contributed by atoms with Gasteiger partial charge < -0.3 is 14.1 Å².